The average molecular weight is 341 g/mol. The number of nitrogens with one attached hydrogen (secondary N) is 1. The van der Waals surface area contributed by atoms with Gasteiger partial charge in [-0.05, 0) is 59.8 Å². The van der Waals surface area contributed by atoms with Crippen LogP contribution in [0.15, 0.2) is 0 Å². The molecule has 1 heterocycles. The predicted molar refractivity (Wildman–Crippen MR) is 95.0 cm³/mol. The van der Waals surface area contributed by atoms with Crippen molar-refractivity contribution in [2.75, 3.05) is 19.8 Å². The lowest BCUT2D eigenvalue weighted by Gasteiger charge is -2.38. The van der Waals surface area contributed by atoms with Crippen LogP contribution in [0, 0.1) is 0 Å². The second-order valence-corrected chi connectivity index (χ2v) is 8.32. The minimum absolute atomic E-state index is 0.0712. The molecule has 1 saturated carbocycles. The number of morpholine rings is 1. The molecule has 6 heteroatoms. The van der Waals surface area contributed by atoms with Gasteiger partial charge in [0.05, 0.1) is 19.3 Å². The molecular weight excluding hydrogens is 306 g/mol. The first-order chi connectivity index (χ1) is 11.2. The maximum absolute atomic E-state index is 12.4. The number of carbonyl (C=O) groups is 1. The number of hydrogen-bond acceptors (Lipinski definition) is 5. The molecule has 0 spiro atoms. The topological polar surface area (TPSA) is 76.8 Å². The molecule has 0 aromatic carbocycles. The van der Waals surface area contributed by atoms with Crippen molar-refractivity contribution in [2.24, 2.45) is 5.73 Å². The van der Waals surface area contributed by atoms with E-state index >= 15 is 0 Å². The lowest BCUT2D eigenvalue weighted by Crippen LogP contribution is -2.53. The zero-order valence-corrected chi connectivity index (χ0v) is 15.7. The second-order valence-electron chi connectivity index (χ2n) is 8.32. The Hall–Kier alpha value is -0.850. The van der Waals surface area contributed by atoms with E-state index in [0.717, 1.165) is 32.1 Å². The highest BCUT2D eigenvalue weighted by molar-refractivity contribution is 5.68. The van der Waals surface area contributed by atoms with Crippen molar-refractivity contribution in [3.8, 4) is 0 Å². The predicted octanol–water partition coefficient (Wildman–Crippen LogP) is 2.26. The first kappa shape index (κ1) is 19.5. The summed E-state index contributed by atoms with van der Waals surface area (Å²) < 4.78 is 11.2. The van der Waals surface area contributed by atoms with Gasteiger partial charge in [0.2, 0.25) is 0 Å². The quantitative estimate of drug-likeness (QED) is 0.820. The third-order valence-electron chi connectivity index (χ3n) is 4.77. The van der Waals surface area contributed by atoms with Gasteiger partial charge in [-0.15, -0.1) is 0 Å². The van der Waals surface area contributed by atoms with Crippen LogP contribution in [-0.4, -0.2) is 60.5 Å². The first-order valence-corrected chi connectivity index (χ1v) is 9.33. The molecule has 0 radical (unpaired) electrons. The fourth-order valence-corrected chi connectivity index (χ4v) is 3.58. The molecule has 2 aliphatic rings. The van der Waals surface area contributed by atoms with Crippen molar-refractivity contribution in [3.63, 3.8) is 0 Å². The Balaban J connectivity index is 1.84. The summed E-state index contributed by atoms with van der Waals surface area (Å²) in [5, 5.41) is 3.70. The third kappa shape index (κ3) is 6.22. The van der Waals surface area contributed by atoms with Gasteiger partial charge in [-0.1, -0.05) is 0 Å². The molecule has 1 aliphatic carbocycles. The van der Waals surface area contributed by atoms with Gasteiger partial charge in [0, 0.05) is 24.7 Å². The lowest BCUT2D eigenvalue weighted by atomic mass is 9.91. The number of amides is 1. The number of rotatable bonds is 4. The van der Waals surface area contributed by atoms with Crippen LogP contribution < -0.4 is 11.1 Å². The summed E-state index contributed by atoms with van der Waals surface area (Å²) in [6.45, 7) is 9.66. The van der Waals surface area contributed by atoms with Gasteiger partial charge in [-0.25, -0.2) is 4.79 Å². The van der Waals surface area contributed by atoms with E-state index in [9.17, 15) is 4.79 Å². The van der Waals surface area contributed by atoms with Crippen LogP contribution in [0.1, 0.15) is 59.8 Å². The molecular formula is C18H35N3O3. The molecule has 2 fully saturated rings. The monoisotopic (exact) mass is 341 g/mol. The summed E-state index contributed by atoms with van der Waals surface area (Å²) in [5.74, 6) is 0. The summed E-state index contributed by atoms with van der Waals surface area (Å²) in [5.41, 5.74) is 5.51. The normalized spacial score (nSPS) is 30.0. The number of hydrogen-bond donors (Lipinski definition) is 2. The molecule has 1 amide bonds. The van der Waals surface area contributed by atoms with Crippen LogP contribution in [0.3, 0.4) is 0 Å². The van der Waals surface area contributed by atoms with Crippen molar-refractivity contribution in [3.05, 3.63) is 0 Å². The van der Waals surface area contributed by atoms with E-state index in [-0.39, 0.29) is 12.1 Å². The zero-order valence-electron chi connectivity index (χ0n) is 15.7. The van der Waals surface area contributed by atoms with Crippen LogP contribution in [0.2, 0.25) is 0 Å². The van der Waals surface area contributed by atoms with Crippen LogP contribution in [0.4, 0.5) is 4.79 Å². The number of nitrogens with two attached hydrogens (primary N) is 1. The standard InChI is InChI=1S/C18H35N3O3/c1-13(20-15-7-5-14(19)6-8-15)11-16-12-23-10-9-21(16)17(22)24-18(2,3)4/h13-16,20H,5-12,19H2,1-4H3. The van der Waals surface area contributed by atoms with E-state index in [1.54, 1.807) is 0 Å². The molecule has 140 valence electrons. The molecule has 3 N–H and O–H groups in total. The van der Waals surface area contributed by atoms with Crippen LogP contribution in [-0.2, 0) is 9.47 Å². The molecule has 6 nitrogen and oxygen atoms in total. The van der Waals surface area contributed by atoms with Gasteiger partial charge in [0.1, 0.15) is 5.60 Å². The van der Waals surface area contributed by atoms with Crippen molar-refractivity contribution < 1.29 is 14.3 Å². The minimum atomic E-state index is -0.468. The van der Waals surface area contributed by atoms with E-state index in [1.807, 2.05) is 25.7 Å². The number of nitrogens with zero attached hydrogens (tertiary/aromatic N) is 1. The van der Waals surface area contributed by atoms with E-state index in [1.165, 1.54) is 0 Å². The number of ether oxygens (including phenoxy) is 2. The molecule has 1 saturated heterocycles. The van der Waals surface area contributed by atoms with Gasteiger partial charge in [0.15, 0.2) is 0 Å². The molecule has 1 aliphatic heterocycles. The number of carbonyl (C=O) groups excluding carboxylic acids is 1. The second kappa shape index (κ2) is 8.50. The highest BCUT2D eigenvalue weighted by Gasteiger charge is 2.32. The largest absolute Gasteiger partial charge is 0.444 e. The Morgan fingerprint density at radius 3 is 2.62 bits per heavy atom. The molecule has 2 rings (SSSR count). The van der Waals surface area contributed by atoms with E-state index < -0.39 is 5.60 Å². The van der Waals surface area contributed by atoms with Crippen LogP contribution in [0.5, 0.6) is 0 Å². The van der Waals surface area contributed by atoms with Crippen molar-refractivity contribution in [2.45, 2.75) is 89.6 Å². The Morgan fingerprint density at radius 2 is 2.00 bits per heavy atom. The van der Waals surface area contributed by atoms with Crippen molar-refractivity contribution in [1.82, 2.24) is 10.2 Å². The Bertz CT molecular complexity index is 403. The Morgan fingerprint density at radius 1 is 1.33 bits per heavy atom. The first-order valence-electron chi connectivity index (χ1n) is 9.33. The maximum atomic E-state index is 12.4. The van der Waals surface area contributed by atoms with Gasteiger partial charge in [-0.3, -0.25) is 0 Å². The summed E-state index contributed by atoms with van der Waals surface area (Å²) in [4.78, 5) is 14.3. The molecule has 0 aromatic rings. The molecule has 2 atom stereocenters. The Kier molecular flexibility index (Phi) is 6.89. The highest BCUT2D eigenvalue weighted by atomic mass is 16.6. The minimum Gasteiger partial charge on any atom is -0.444 e. The van der Waals surface area contributed by atoms with Gasteiger partial charge in [0.25, 0.3) is 0 Å². The van der Waals surface area contributed by atoms with Crippen LogP contribution >= 0.6 is 0 Å². The van der Waals surface area contributed by atoms with Crippen molar-refractivity contribution >= 4 is 6.09 Å². The smallest absolute Gasteiger partial charge is 0.410 e. The maximum Gasteiger partial charge on any atom is 0.410 e. The summed E-state index contributed by atoms with van der Waals surface area (Å²) >= 11 is 0. The van der Waals surface area contributed by atoms with E-state index in [4.69, 9.17) is 15.2 Å². The molecule has 2 unspecified atom stereocenters. The molecule has 24 heavy (non-hydrogen) atoms. The summed E-state index contributed by atoms with van der Waals surface area (Å²) in [6, 6.07) is 1.31. The highest BCUT2D eigenvalue weighted by Crippen LogP contribution is 2.20. The summed E-state index contributed by atoms with van der Waals surface area (Å²) in [7, 11) is 0. The van der Waals surface area contributed by atoms with E-state index in [2.05, 4.69) is 12.2 Å². The fourth-order valence-electron chi connectivity index (χ4n) is 3.58. The van der Waals surface area contributed by atoms with Gasteiger partial charge < -0.3 is 25.4 Å². The van der Waals surface area contributed by atoms with Gasteiger partial charge in [-0.2, -0.15) is 0 Å². The SMILES string of the molecule is CC(CC1COCCN1C(=O)OC(C)(C)C)NC1CCC(N)CC1. The lowest BCUT2D eigenvalue weighted by molar-refractivity contribution is -0.0358. The van der Waals surface area contributed by atoms with E-state index in [0.29, 0.717) is 37.9 Å². The third-order valence-corrected chi connectivity index (χ3v) is 4.77. The zero-order chi connectivity index (χ0) is 17.7. The average Bonchev–Trinajstić information content (AvgIpc) is 2.48. The Labute approximate surface area is 146 Å². The summed E-state index contributed by atoms with van der Waals surface area (Å²) in [6.07, 6.45) is 5.13. The van der Waals surface area contributed by atoms with Gasteiger partial charge >= 0.3 is 6.09 Å². The molecule has 0 aromatic heterocycles. The fraction of sp³-hybridized carbons (Fsp3) is 0.944. The van der Waals surface area contributed by atoms with Crippen LogP contribution in [0.25, 0.3) is 0 Å². The molecule has 0 bridgehead atoms. The van der Waals surface area contributed by atoms with Crippen molar-refractivity contribution in [1.29, 1.82) is 0 Å².